The van der Waals surface area contributed by atoms with Crippen LogP contribution in [0.2, 0.25) is 0 Å². The van der Waals surface area contributed by atoms with Gasteiger partial charge >= 0.3 is 234 Å². The Morgan fingerprint density at radius 3 is 2.78 bits per heavy atom. The molecule has 0 aliphatic carbocycles. The van der Waals surface area contributed by atoms with Gasteiger partial charge in [-0.1, -0.05) is 0 Å². The van der Waals surface area contributed by atoms with Gasteiger partial charge in [0, 0.05) is 0 Å². The van der Waals surface area contributed by atoms with E-state index in [1.165, 1.54) is 24.9 Å². The van der Waals surface area contributed by atoms with E-state index in [2.05, 4.69) is 15.0 Å². The summed E-state index contributed by atoms with van der Waals surface area (Å²) in [7, 11) is -2.87. The fourth-order valence-corrected chi connectivity index (χ4v) is 5.99. The number of ether oxygens (including phenoxy) is 4. The molecule has 2 aliphatic rings. The third-order valence-electron chi connectivity index (χ3n) is 6.56. The zero-order valence-corrected chi connectivity index (χ0v) is 23.1. The van der Waals surface area contributed by atoms with Crippen molar-refractivity contribution in [2.75, 3.05) is 26.1 Å². The first-order valence-corrected chi connectivity index (χ1v) is 14.3. The van der Waals surface area contributed by atoms with Gasteiger partial charge in [0.2, 0.25) is 0 Å². The first-order chi connectivity index (χ1) is 19.7. The van der Waals surface area contributed by atoms with E-state index in [-0.39, 0.29) is 49.2 Å². The number of carbonyl (C=O) groups excluding carboxylic acids is 1. The van der Waals surface area contributed by atoms with Crippen LogP contribution in [-0.4, -0.2) is 80.3 Å². The molecule has 5 atom stereocenters. The molecule has 3 aromatic rings. The maximum atomic E-state index is 12.8. The van der Waals surface area contributed by atoms with Crippen LogP contribution in [0.15, 0.2) is 36.7 Å². The zero-order chi connectivity index (χ0) is 29.1. The summed E-state index contributed by atoms with van der Waals surface area (Å²) >= 11 is 0. The Morgan fingerprint density at radius 1 is 1.27 bits per heavy atom. The first-order valence-electron chi connectivity index (χ1n) is 12.6. The van der Waals surface area contributed by atoms with E-state index in [9.17, 15) is 14.5 Å². The van der Waals surface area contributed by atoms with Gasteiger partial charge in [-0.2, -0.15) is 0 Å². The molecule has 1 aromatic carbocycles. The first kappa shape index (κ1) is 28.9. The SMILES string of the molecule is COc1nc(N)nc2c1ncn2[C@@H]1O[C@@H]2CO[PH](O)(OCC[C@@H](C)C(=O)O)O[C@H]2[C@@H]1OC(=O)OCc1ccccc1. The van der Waals surface area contributed by atoms with Gasteiger partial charge in [0.15, 0.2) is 0 Å². The molecule has 4 N–H and O–H groups in total. The van der Waals surface area contributed by atoms with Crippen molar-refractivity contribution in [3.8, 4) is 5.88 Å². The second kappa shape index (κ2) is 12.1. The molecule has 2 aromatic heterocycles. The number of hydrogen-bond donors (Lipinski definition) is 3. The molecule has 0 saturated carbocycles. The van der Waals surface area contributed by atoms with Crippen LogP contribution in [0.5, 0.6) is 5.88 Å². The molecule has 222 valence electrons. The topological polar surface area (TPSA) is 209 Å². The number of fused-ring (bicyclic) bond motifs is 2. The number of aromatic nitrogens is 4. The maximum absolute atomic E-state index is 12.8. The summed E-state index contributed by atoms with van der Waals surface area (Å²) in [6, 6.07) is 9.02. The standard InChI is InChI=1S/C24H30N5O11P/c1-13(22(30)31)8-9-36-41(33)37-11-15-17(40-41)18(39-24(32)35-10-14-6-4-3-5-7-14)21(38-15)29-12-26-16-19(29)27-23(25)28-20(16)34-2/h3-7,12-13,15,17-18,21,33,41H,8-11H2,1-2H3,(H,30,31)(H2,25,27,28)/t13-,15-,17-,18+,21-/m1/s1. The molecule has 0 radical (unpaired) electrons. The average molecular weight is 596 g/mol. The van der Waals surface area contributed by atoms with Gasteiger partial charge in [-0.25, -0.2) is 0 Å². The molecule has 2 fully saturated rings. The van der Waals surface area contributed by atoms with E-state index in [1.807, 2.05) is 6.07 Å². The fraction of sp³-hybridized carbons (Fsp3) is 0.458. The van der Waals surface area contributed by atoms with E-state index in [4.69, 9.17) is 43.4 Å². The molecular weight excluding hydrogens is 565 g/mol. The van der Waals surface area contributed by atoms with E-state index in [1.54, 1.807) is 24.3 Å². The molecule has 2 aliphatic heterocycles. The zero-order valence-electron chi connectivity index (χ0n) is 22.1. The van der Waals surface area contributed by atoms with Gasteiger partial charge in [-0.15, -0.1) is 0 Å². The fourth-order valence-electron chi connectivity index (χ4n) is 4.39. The van der Waals surface area contributed by atoms with Crippen LogP contribution >= 0.6 is 8.17 Å². The molecule has 0 bridgehead atoms. The van der Waals surface area contributed by atoms with Crippen LogP contribution in [0.1, 0.15) is 25.1 Å². The van der Waals surface area contributed by atoms with Crippen LogP contribution in [0, 0.1) is 5.92 Å². The number of benzene rings is 1. The summed E-state index contributed by atoms with van der Waals surface area (Å²) in [4.78, 5) is 47.5. The number of methoxy groups -OCH3 is 1. The summed E-state index contributed by atoms with van der Waals surface area (Å²) in [5.41, 5.74) is 7.12. The van der Waals surface area contributed by atoms with Crippen LogP contribution in [-0.2, 0) is 39.2 Å². The predicted octanol–water partition coefficient (Wildman–Crippen LogP) is 1.98. The Labute approximate surface area is 233 Å². The van der Waals surface area contributed by atoms with E-state index in [0.717, 1.165) is 5.56 Å². The number of rotatable bonds is 10. The van der Waals surface area contributed by atoms with Gasteiger partial charge < -0.3 is 0 Å². The third-order valence-corrected chi connectivity index (χ3v) is 8.23. The van der Waals surface area contributed by atoms with E-state index in [0.29, 0.717) is 0 Å². The normalized spacial score (nSPS) is 24.8. The van der Waals surface area contributed by atoms with Crippen LogP contribution in [0.4, 0.5) is 10.7 Å². The number of carbonyl (C=O) groups is 2. The number of carboxylic acid groups (broad SMARTS) is 1. The van der Waals surface area contributed by atoms with Gasteiger partial charge in [-0.05, 0) is 0 Å². The van der Waals surface area contributed by atoms with Crippen molar-refractivity contribution in [1.29, 1.82) is 0 Å². The van der Waals surface area contributed by atoms with E-state index < -0.39 is 50.8 Å². The van der Waals surface area contributed by atoms with Crippen molar-refractivity contribution in [3.05, 3.63) is 42.2 Å². The Bertz CT molecular complexity index is 1400. The summed E-state index contributed by atoms with van der Waals surface area (Å²) in [6.45, 7) is 1.17. The predicted molar refractivity (Wildman–Crippen MR) is 140 cm³/mol. The van der Waals surface area contributed by atoms with Gasteiger partial charge in [0.25, 0.3) is 0 Å². The molecule has 16 nitrogen and oxygen atoms in total. The Balaban J connectivity index is 1.39. The molecular formula is C24H30N5O11P. The molecule has 2 saturated heterocycles. The molecule has 41 heavy (non-hydrogen) atoms. The van der Waals surface area contributed by atoms with Gasteiger partial charge in [0.1, 0.15) is 0 Å². The van der Waals surface area contributed by atoms with Crippen molar-refractivity contribution < 1.29 is 52.1 Å². The van der Waals surface area contributed by atoms with Gasteiger partial charge in [0.05, 0.1) is 0 Å². The van der Waals surface area contributed by atoms with E-state index >= 15 is 0 Å². The number of carboxylic acids is 1. The minimum absolute atomic E-state index is 0.0471. The summed E-state index contributed by atoms with van der Waals surface area (Å²) in [5.74, 6) is -1.67. The molecule has 17 heteroatoms. The van der Waals surface area contributed by atoms with Crippen molar-refractivity contribution in [3.63, 3.8) is 0 Å². The average Bonchev–Trinajstić information content (AvgIpc) is 3.52. The second-order valence-corrected chi connectivity index (χ2v) is 11.2. The second-order valence-electron chi connectivity index (χ2n) is 9.38. The number of imidazole rings is 1. The Morgan fingerprint density at radius 2 is 2.05 bits per heavy atom. The van der Waals surface area contributed by atoms with Crippen molar-refractivity contribution in [1.82, 2.24) is 19.5 Å². The molecule has 0 amide bonds. The number of nitrogen functional groups attached to an aromatic ring is 1. The Kier molecular flexibility index (Phi) is 8.49. The van der Waals surface area contributed by atoms with Gasteiger partial charge in [-0.3, -0.25) is 0 Å². The monoisotopic (exact) mass is 595 g/mol. The summed E-state index contributed by atoms with van der Waals surface area (Å²) in [5, 5.41) is 9.11. The number of nitrogens with zero attached hydrogens (tertiary/aromatic N) is 4. The molecule has 0 spiro atoms. The van der Waals surface area contributed by atoms with Crippen molar-refractivity contribution >= 4 is 37.4 Å². The number of aliphatic carboxylic acids is 1. The van der Waals surface area contributed by atoms with Crippen LogP contribution in [0.3, 0.4) is 0 Å². The van der Waals surface area contributed by atoms with Crippen molar-refractivity contribution in [2.24, 2.45) is 5.92 Å². The quantitative estimate of drug-likeness (QED) is 0.226. The summed E-state index contributed by atoms with van der Waals surface area (Å²) in [6.07, 6.45) is -3.62. The Hall–Kier alpha value is -3.66. The minimum atomic E-state index is -4.28. The van der Waals surface area contributed by atoms with Crippen LogP contribution in [0.25, 0.3) is 11.2 Å². The number of anilines is 1. The summed E-state index contributed by atoms with van der Waals surface area (Å²) < 4.78 is 40.7. The third kappa shape index (κ3) is 6.32. The molecule has 0 unspecified atom stereocenters. The number of nitrogens with two attached hydrogens (primary N) is 1. The number of hydrogen-bond acceptors (Lipinski definition) is 14. The molecule has 5 rings (SSSR count). The molecule has 4 heterocycles. The van der Waals surface area contributed by atoms with Crippen LogP contribution < -0.4 is 10.5 Å². The van der Waals surface area contributed by atoms with Crippen molar-refractivity contribution in [2.45, 2.75) is 44.5 Å².